The first kappa shape index (κ1) is 12.5. The molecule has 0 spiro atoms. The summed E-state index contributed by atoms with van der Waals surface area (Å²) in [7, 11) is 1.93. The maximum atomic E-state index is 5.74. The van der Waals surface area contributed by atoms with E-state index in [-0.39, 0.29) is 0 Å². The number of anilines is 2. The Bertz CT molecular complexity index is 750. The number of hydrogen-bond donors (Lipinski definition) is 1. The number of nitrogen functional groups attached to an aromatic ring is 1. The molecule has 102 valence electrons. The molecule has 0 amide bonds. The highest BCUT2D eigenvalue weighted by Crippen LogP contribution is 2.23. The Morgan fingerprint density at radius 3 is 2.85 bits per heavy atom. The van der Waals surface area contributed by atoms with Gasteiger partial charge in [-0.1, -0.05) is 6.07 Å². The van der Waals surface area contributed by atoms with Gasteiger partial charge in [-0.2, -0.15) is 4.98 Å². The second-order valence-electron chi connectivity index (χ2n) is 4.85. The van der Waals surface area contributed by atoms with Crippen molar-refractivity contribution in [2.24, 2.45) is 0 Å². The SMILES string of the molecule is Cc1cccc(CN(C)c2nc3cc(N)ccc3o2)n1. The minimum Gasteiger partial charge on any atom is -0.423 e. The number of aryl methyl sites for hydroxylation is 1. The van der Waals surface area contributed by atoms with Crippen LogP contribution in [0.4, 0.5) is 11.7 Å². The van der Waals surface area contributed by atoms with Gasteiger partial charge in [0.1, 0.15) is 5.52 Å². The van der Waals surface area contributed by atoms with E-state index in [4.69, 9.17) is 10.2 Å². The van der Waals surface area contributed by atoms with Crippen LogP contribution < -0.4 is 10.6 Å². The predicted molar refractivity (Wildman–Crippen MR) is 79.5 cm³/mol. The highest BCUT2D eigenvalue weighted by molar-refractivity contribution is 5.78. The minimum absolute atomic E-state index is 0.564. The van der Waals surface area contributed by atoms with E-state index in [0.29, 0.717) is 18.2 Å². The van der Waals surface area contributed by atoms with Crippen LogP contribution >= 0.6 is 0 Å². The van der Waals surface area contributed by atoms with Gasteiger partial charge in [0.15, 0.2) is 5.58 Å². The molecule has 0 aliphatic rings. The summed E-state index contributed by atoms with van der Waals surface area (Å²) in [5.41, 5.74) is 9.91. The average molecular weight is 268 g/mol. The lowest BCUT2D eigenvalue weighted by Gasteiger charge is -2.13. The van der Waals surface area contributed by atoms with Crippen molar-refractivity contribution in [2.75, 3.05) is 17.7 Å². The quantitative estimate of drug-likeness (QED) is 0.740. The smallest absolute Gasteiger partial charge is 0.298 e. The fourth-order valence-electron chi connectivity index (χ4n) is 2.09. The predicted octanol–water partition coefficient (Wildman–Crippen LogP) is 2.75. The minimum atomic E-state index is 0.564. The lowest BCUT2D eigenvalue weighted by Crippen LogP contribution is -2.17. The van der Waals surface area contributed by atoms with Crippen molar-refractivity contribution in [1.82, 2.24) is 9.97 Å². The molecule has 2 N–H and O–H groups in total. The molecule has 0 bridgehead atoms. The Kier molecular flexibility index (Phi) is 3.02. The third kappa shape index (κ3) is 2.42. The molecule has 0 unspecified atom stereocenters. The van der Waals surface area contributed by atoms with Gasteiger partial charge in [-0.3, -0.25) is 4.98 Å². The third-order valence-electron chi connectivity index (χ3n) is 3.07. The number of aromatic nitrogens is 2. The van der Waals surface area contributed by atoms with Crippen molar-refractivity contribution in [3.8, 4) is 0 Å². The van der Waals surface area contributed by atoms with E-state index in [0.717, 1.165) is 22.5 Å². The Balaban J connectivity index is 1.86. The summed E-state index contributed by atoms with van der Waals surface area (Å²) in [6.07, 6.45) is 0. The first-order valence-corrected chi connectivity index (χ1v) is 6.41. The molecule has 0 radical (unpaired) electrons. The molecule has 1 aromatic carbocycles. The molecule has 5 heteroatoms. The maximum absolute atomic E-state index is 5.74. The molecule has 2 heterocycles. The molecular weight excluding hydrogens is 252 g/mol. The summed E-state index contributed by atoms with van der Waals surface area (Å²) in [4.78, 5) is 10.8. The van der Waals surface area contributed by atoms with Crippen molar-refractivity contribution in [2.45, 2.75) is 13.5 Å². The molecule has 3 aromatic rings. The van der Waals surface area contributed by atoms with Crippen LogP contribution in [0, 0.1) is 6.92 Å². The van der Waals surface area contributed by atoms with E-state index < -0.39 is 0 Å². The Morgan fingerprint density at radius 1 is 1.20 bits per heavy atom. The number of nitrogens with two attached hydrogens (primary N) is 1. The molecule has 2 aromatic heterocycles. The summed E-state index contributed by atoms with van der Waals surface area (Å²) >= 11 is 0. The zero-order valence-corrected chi connectivity index (χ0v) is 11.5. The molecule has 5 nitrogen and oxygen atoms in total. The fourth-order valence-corrected chi connectivity index (χ4v) is 2.09. The van der Waals surface area contributed by atoms with E-state index in [1.807, 2.05) is 43.1 Å². The molecule has 0 saturated carbocycles. The molecular formula is C15H16N4O. The van der Waals surface area contributed by atoms with Gasteiger partial charge < -0.3 is 15.1 Å². The van der Waals surface area contributed by atoms with E-state index in [1.165, 1.54) is 0 Å². The number of rotatable bonds is 3. The zero-order chi connectivity index (χ0) is 14.1. The number of benzene rings is 1. The summed E-state index contributed by atoms with van der Waals surface area (Å²) in [5, 5.41) is 0. The van der Waals surface area contributed by atoms with Crippen LogP contribution in [0.3, 0.4) is 0 Å². The second kappa shape index (κ2) is 4.85. The molecule has 3 rings (SSSR count). The average Bonchev–Trinajstić information content (AvgIpc) is 2.81. The fraction of sp³-hybridized carbons (Fsp3) is 0.200. The Morgan fingerprint density at radius 2 is 2.05 bits per heavy atom. The van der Waals surface area contributed by atoms with Crippen LogP contribution in [0.25, 0.3) is 11.1 Å². The largest absolute Gasteiger partial charge is 0.423 e. The van der Waals surface area contributed by atoms with Crippen LogP contribution in [-0.4, -0.2) is 17.0 Å². The lowest BCUT2D eigenvalue weighted by atomic mass is 10.3. The van der Waals surface area contributed by atoms with Gasteiger partial charge in [0.2, 0.25) is 0 Å². The number of fused-ring (bicyclic) bond motifs is 1. The molecule has 0 saturated heterocycles. The van der Waals surface area contributed by atoms with Gasteiger partial charge in [0.25, 0.3) is 6.01 Å². The van der Waals surface area contributed by atoms with Crippen LogP contribution in [0.1, 0.15) is 11.4 Å². The number of hydrogen-bond acceptors (Lipinski definition) is 5. The third-order valence-corrected chi connectivity index (χ3v) is 3.07. The van der Waals surface area contributed by atoms with Crippen molar-refractivity contribution in [1.29, 1.82) is 0 Å². The lowest BCUT2D eigenvalue weighted by molar-refractivity contribution is 0.580. The van der Waals surface area contributed by atoms with Crippen molar-refractivity contribution in [3.63, 3.8) is 0 Å². The van der Waals surface area contributed by atoms with E-state index >= 15 is 0 Å². The summed E-state index contributed by atoms with van der Waals surface area (Å²) in [6, 6.07) is 12.0. The second-order valence-corrected chi connectivity index (χ2v) is 4.85. The molecule has 20 heavy (non-hydrogen) atoms. The standard InChI is InChI=1S/C15H16N4O/c1-10-4-3-5-12(17-10)9-19(2)15-18-13-8-11(16)6-7-14(13)20-15/h3-8H,9,16H2,1-2H3. The van der Waals surface area contributed by atoms with Gasteiger partial charge in [-0.15, -0.1) is 0 Å². The van der Waals surface area contributed by atoms with Crippen LogP contribution in [-0.2, 0) is 6.54 Å². The van der Waals surface area contributed by atoms with E-state index in [9.17, 15) is 0 Å². The zero-order valence-electron chi connectivity index (χ0n) is 11.5. The van der Waals surface area contributed by atoms with Gasteiger partial charge in [-0.05, 0) is 37.3 Å². The van der Waals surface area contributed by atoms with Crippen molar-refractivity contribution >= 4 is 22.8 Å². The van der Waals surface area contributed by atoms with Crippen LogP contribution in [0.15, 0.2) is 40.8 Å². The van der Waals surface area contributed by atoms with Gasteiger partial charge >= 0.3 is 0 Å². The van der Waals surface area contributed by atoms with Crippen molar-refractivity contribution in [3.05, 3.63) is 47.8 Å². The number of nitrogens with zero attached hydrogens (tertiary/aromatic N) is 3. The Hall–Kier alpha value is -2.56. The van der Waals surface area contributed by atoms with E-state index in [2.05, 4.69) is 9.97 Å². The van der Waals surface area contributed by atoms with Gasteiger partial charge in [0, 0.05) is 18.4 Å². The topological polar surface area (TPSA) is 68.2 Å². The molecule has 0 aliphatic carbocycles. The van der Waals surface area contributed by atoms with Gasteiger partial charge in [-0.25, -0.2) is 0 Å². The maximum Gasteiger partial charge on any atom is 0.298 e. The molecule has 0 atom stereocenters. The normalized spacial score (nSPS) is 10.9. The van der Waals surface area contributed by atoms with Crippen molar-refractivity contribution < 1.29 is 4.42 Å². The summed E-state index contributed by atoms with van der Waals surface area (Å²) in [6.45, 7) is 2.62. The first-order chi connectivity index (χ1) is 9.61. The highest BCUT2D eigenvalue weighted by Gasteiger charge is 2.11. The number of oxazole rings is 1. The monoisotopic (exact) mass is 268 g/mol. The van der Waals surface area contributed by atoms with Crippen LogP contribution in [0.2, 0.25) is 0 Å². The summed E-state index contributed by atoms with van der Waals surface area (Å²) < 4.78 is 5.72. The molecule has 0 fully saturated rings. The number of pyridine rings is 1. The van der Waals surface area contributed by atoms with E-state index in [1.54, 1.807) is 12.1 Å². The van der Waals surface area contributed by atoms with Crippen LogP contribution in [0.5, 0.6) is 0 Å². The Labute approximate surface area is 117 Å². The summed E-state index contributed by atoms with van der Waals surface area (Å²) in [5.74, 6) is 0. The first-order valence-electron chi connectivity index (χ1n) is 6.41. The molecule has 0 aliphatic heterocycles. The van der Waals surface area contributed by atoms with Gasteiger partial charge in [0.05, 0.1) is 12.2 Å². The highest BCUT2D eigenvalue weighted by atomic mass is 16.4.